The second-order valence-electron chi connectivity index (χ2n) is 4.37. The Morgan fingerprint density at radius 1 is 0.682 bits per heavy atom. The molecule has 2 aromatic carbocycles. The van der Waals surface area contributed by atoms with Crippen LogP contribution in [0.15, 0.2) is 36.4 Å². The van der Waals surface area contributed by atoms with Gasteiger partial charge in [0.2, 0.25) is 0 Å². The number of hydrogen-bond acceptors (Lipinski definition) is 8. The van der Waals surface area contributed by atoms with Crippen LogP contribution in [0, 0.1) is 0 Å². The van der Waals surface area contributed by atoms with Crippen LogP contribution in [-0.2, 0) is 9.59 Å². The Hall–Kier alpha value is -3.42. The second kappa shape index (κ2) is 5.92. The van der Waals surface area contributed by atoms with Crippen molar-refractivity contribution in [2.24, 2.45) is 0 Å². The summed E-state index contributed by atoms with van der Waals surface area (Å²) in [7, 11) is 0. The molecule has 0 spiro atoms. The number of ether oxygens (including phenoxy) is 2. The highest BCUT2D eigenvalue weighted by atomic mass is 16.6. The van der Waals surface area contributed by atoms with Gasteiger partial charge in [0.25, 0.3) is 0 Å². The molecular weight excluding hydrogens is 288 g/mol. The molecule has 8 nitrogen and oxygen atoms in total. The van der Waals surface area contributed by atoms with Gasteiger partial charge in [-0.1, -0.05) is 0 Å². The Morgan fingerprint density at radius 3 is 1.36 bits per heavy atom. The van der Waals surface area contributed by atoms with Gasteiger partial charge in [0.1, 0.15) is 0 Å². The highest BCUT2D eigenvalue weighted by Crippen LogP contribution is 2.25. The lowest BCUT2D eigenvalue weighted by Crippen LogP contribution is -2.26. The highest BCUT2D eigenvalue weighted by Gasteiger charge is 2.21. The van der Waals surface area contributed by atoms with E-state index in [-0.39, 0.29) is 22.9 Å². The van der Waals surface area contributed by atoms with Crippen molar-refractivity contribution in [2.45, 2.75) is 0 Å². The van der Waals surface area contributed by atoms with E-state index in [9.17, 15) is 9.59 Å². The second-order valence-corrected chi connectivity index (χ2v) is 4.37. The summed E-state index contributed by atoms with van der Waals surface area (Å²) >= 11 is 0. The van der Waals surface area contributed by atoms with Gasteiger partial charge in [-0.05, 0) is 36.4 Å². The first-order valence-electron chi connectivity index (χ1n) is 6.11. The van der Waals surface area contributed by atoms with Crippen LogP contribution in [0.2, 0.25) is 0 Å². The highest BCUT2D eigenvalue weighted by molar-refractivity contribution is 6.31. The van der Waals surface area contributed by atoms with Gasteiger partial charge >= 0.3 is 11.9 Å². The molecule has 0 aliphatic heterocycles. The van der Waals surface area contributed by atoms with Crippen molar-refractivity contribution in [1.29, 1.82) is 0 Å². The van der Waals surface area contributed by atoms with E-state index < -0.39 is 11.9 Å². The fraction of sp³-hybridized carbons (Fsp3) is 0. The summed E-state index contributed by atoms with van der Waals surface area (Å²) in [5.74, 6) is -2.48. The number of rotatable bonds is 2. The van der Waals surface area contributed by atoms with Crippen LogP contribution < -0.4 is 32.4 Å². The molecule has 2 aromatic rings. The van der Waals surface area contributed by atoms with Crippen molar-refractivity contribution >= 4 is 34.7 Å². The number of nitrogen functional groups attached to an aromatic ring is 4. The summed E-state index contributed by atoms with van der Waals surface area (Å²) in [4.78, 5) is 23.4. The molecule has 0 aromatic heterocycles. The van der Waals surface area contributed by atoms with E-state index >= 15 is 0 Å². The molecule has 0 saturated heterocycles. The molecule has 8 heteroatoms. The molecule has 0 saturated carbocycles. The van der Waals surface area contributed by atoms with E-state index in [0.717, 1.165) is 0 Å². The Kier molecular flexibility index (Phi) is 4.03. The Bertz CT molecular complexity index is 682. The maximum atomic E-state index is 11.7. The molecule has 0 heterocycles. The smallest absolute Gasteiger partial charge is 0.416 e. The number of carbonyl (C=O) groups is 2. The first kappa shape index (κ1) is 15.0. The summed E-state index contributed by atoms with van der Waals surface area (Å²) < 4.78 is 9.68. The molecule has 0 unspecified atom stereocenters. The molecule has 0 fully saturated rings. The minimum absolute atomic E-state index is 0.00132. The molecule has 0 aliphatic carbocycles. The Labute approximate surface area is 125 Å². The maximum Gasteiger partial charge on any atom is 0.423 e. The largest absolute Gasteiger partial charge is 0.423 e. The Balaban J connectivity index is 2.07. The van der Waals surface area contributed by atoms with Gasteiger partial charge in [0, 0.05) is 11.4 Å². The monoisotopic (exact) mass is 302 g/mol. The van der Waals surface area contributed by atoms with Crippen LogP contribution in [0.3, 0.4) is 0 Å². The average Bonchev–Trinajstić information content (AvgIpc) is 2.44. The van der Waals surface area contributed by atoms with Gasteiger partial charge < -0.3 is 32.4 Å². The van der Waals surface area contributed by atoms with E-state index in [2.05, 4.69) is 0 Å². The molecule has 114 valence electrons. The third-order valence-electron chi connectivity index (χ3n) is 2.64. The van der Waals surface area contributed by atoms with Gasteiger partial charge in [-0.25, -0.2) is 9.59 Å². The number of carbonyl (C=O) groups excluding carboxylic acids is 2. The molecule has 0 bridgehead atoms. The Morgan fingerprint density at radius 2 is 1.05 bits per heavy atom. The number of benzene rings is 2. The van der Waals surface area contributed by atoms with Crippen molar-refractivity contribution in [3.05, 3.63) is 36.4 Å². The van der Waals surface area contributed by atoms with E-state index in [0.29, 0.717) is 11.4 Å². The number of anilines is 4. The normalized spacial score (nSPS) is 10.0. The SMILES string of the molecule is Nc1ccc(OC(=O)C(=O)Oc2ccc(N)cc2N)c(N)c1. The minimum Gasteiger partial charge on any atom is -0.416 e. The lowest BCUT2D eigenvalue weighted by Gasteiger charge is -2.09. The summed E-state index contributed by atoms with van der Waals surface area (Å²) in [5, 5.41) is 0. The predicted octanol–water partition coefficient (Wildman–Crippen LogP) is 0.526. The summed E-state index contributed by atoms with van der Waals surface area (Å²) in [6.07, 6.45) is 0. The molecule has 0 aliphatic rings. The van der Waals surface area contributed by atoms with E-state index in [1.165, 1.54) is 36.4 Å². The quantitative estimate of drug-likeness (QED) is 0.271. The molecule has 8 N–H and O–H groups in total. The van der Waals surface area contributed by atoms with Crippen LogP contribution in [0.25, 0.3) is 0 Å². The third kappa shape index (κ3) is 3.37. The van der Waals surface area contributed by atoms with Gasteiger partial charge in [-0.15, -0.1) is 0 Å². The molecule has 22 heavy (non-hydrogen) atoms. The van der Waals surface area contributed by atoms with Crippen molar-refractivity contribution < 1.29 is 19.1 Å². The van der Waals surface area contributed by atoms with Crippen molar-refractivity contribution in [3.8, 4) is 11.5 Å². The fourth-order valence-electron chi connectivity index (χ4n) is 1.60. The van der Waals surface area contributed by atoms with Crippen LogP contribution in [-0.4, -0.2) is 11.9 Å². The van der Waals surface area contributed by atoms with E-state index in [1.807, 2.05) is 0 Å². The minimum atomic E-state index is -1.24. The molecular formula is C14H14N4O4. The maximum absolute atomic E-state index is 11.7. The van der Waals surface area contributed by atoms with Crippen LogP contribution in [0.4, 0.5) is 22.7 Å². The summed E-state index contributed by atoms with van der Waals surface area (Å²) in [6, 6.07) is 8.48. The topological polar surface area (TPSA) is 157 Å². The molecule has 0 radical (unpaired) electrons. The summed E-state index contributed by atoms with van der Waals surface area (Å²) in [5.41, 5.74) is 23.3. The number of esters is 2. The van der Waals surface area contributed by atoms with Gasteiger partial charge in [0.05, 0.1) is 11.4 Å². The zero-order valence-corrected chi connectivity index (χ0v) is 11.4. The van der Waals surface area contributed by atoms with Crippen LogP contribution in [0.1, 0.15) is 0 Å². The average molecular weight is 302 g/mol. The van der Waals surface area contributed by atoms with Crippen molar-refractivity contribution in [2.75, 3.05) is 22.9 Å². The van der Waals surface area contributed by atoms with E-state index in [1.54, 1.807) is 0 Å². The van der Waals surface area contributed by atoms with Gasteiger partial charge in [-0.2, -0.15) is 0 Å². The van der Waals surface area contributed by atoms with E-state index in [4.69, 9.17) is 32.4 Å². The lowest BCUT2D eigenvalue weighted by atomic mass is 10.2. The molecule has 0 atom stereocenters. The summed E-state index contributed by atoms with van der Waals surface area (Å²) in [6.45, 7) is 0. The third-order valence-corrected chi connectivity index (χ3v) is 2.64. The molecule has 0 amide bonds. The standard InChI is InChI=1S/C14H14N4O4/c15-7-1-3-11(9(17)5-7)21-13(19)14(20)22-12-4-2-8(16)6-10(12)18/h1-6H,15-18H2. The fourth-order valence-corrected chi connectivity index (χ4v) is 1.60. The zero-order valence-electron chi connectivity index (χ0n) is 11.4. The number of hydrogen-bond donors (Lipinski definition) is 4. The predicted molar refractivity (Wildman–Crippen MR) is 81.8 cm³/mol. The zero-order chi connectivity index (χ0) is 16.3. The van der Waals surface area contributed by atoms with Gasteiger partial charge in [-0.3, -0.25) is 0 Å². The van der Waals surface area contributed by atoms with Gasteiger partial charge in [0.15, 0.2) is 11.5 Å². The molecule has 2 rings (SSSR count). The first-order valence-corrected chi connectivity index (χ1v) is 6.11. The lowest BCUT2D eigenvalue weighted by molar-refractivity contribution is -0.156. The van der Waals surface area contributed by atoms with Crippen molar-refractivity contribution in [3.63, 3.8) is 0 Å². The number of nitrogens with two attached hydrogens (primary N) is 4. The van der Waals surface area contributed by atoms with Crippen molar-refractivity contribution in [1.82, 2.24) is 0 Å². The first-order chi connectivity index (χ1) is 10.4. The van der Waals surface area contributed by atoms with Crippen LogP contribution in [0.5, 0.6) is 11.5 Å². The van der Waals surface area contributed by atoms with Crippen LogP contribution >= 0.6 is 0 Å².